The van der Waals surface area contributed by atoms with Gasteiger partial charge in [-0.25, -0.2) is 0 Å². The van der Waals surface area contributed by atoms with Crippen LogP contribution in [0.15, 0.2) is 30.3 Å². The first-order valence-electron chi connectivity index (χ1n) is 10.5. The van der Waals surface area contributed by atoms with E-state index >= 15 is 0 Å². The maximum atomic E-state index is 12.7. The number of hydrogen-bond acceptors (Lipinski definition) is 5. The van der Waals surface area contributed by atoms with Gasteiger partial charge in [0.05, 0.1) is 12.1 Å². The Hall–Kier alpha value is -2.87. The highest BCUT2D eigenvalue weighted by Gasteiger charge is 2.40. The summed E-state index contributed by atoms with van der Waals surface area (Å²) in [6.07, 6.45) is 7.85. The highest BCUT2D eigenvalue weighted by Crippen LogP contribution is 2.29. The number of likely N-dealkylation sites (N-methyl/N-ethyl adjacent to an activating group) is 1. The topological polar surface area (TPSA) is 109 Å². The molecule has 1 saturated carbocycles. The fourth-order valence-corrected chi connectivity index (χ4v) is 3.56. The zero-order chi connectivity index (χ0) is 21.7. The maximum Gasteiger partial charge on any atom is 0.240 e. The van der Waals surface area contributed by atoms with Crippen molar-refractivity contribution in [3.63, 3.8) is 0 Å². The first kappa shape index (κ1) is 23.4. The number of benzene rings is 1. The van der Waals surface area contributed by atoms with E-state index in [9.17, 15) is 14.4 Å². The third-order valence-corrected chi connectivity index (χ3v) is 5.03. The van der Waals surface area contributed by atoms with Crippen molar-refractivity contribution in [2.75, 3.05) is 32.8 Å². The summed E-state index contributed by atoms with van der Waals surface area (Å²) in [5, 5.41) is 11.4. The highest BCUT2D eigenvalue weighted by atomic mass is 16.5. The second kappa shape index (κ2) is 12.6. The number of amides is 3. The molecule has 0 aromatic heterocycles. The average Bonchev–Trinajstić information content (AvgIpc) is 3.24. The quantitative estimate of drug-likeness (QED) is 0.283. The van der Waals surface area contributed by atoms with Gasteiger partial charge >= 0.3 is 0 Å². The highest BCUT2D eigenvalue weighted by molar-refractivity contribution is 5.90. The van der Waals surface area contributed by atoms with E-state index < -0.39 is 5.54 Å². The summed E-state index contributed by atoms with van der Waals surface area (Å²) in [7, 11) is 0. The van der Waals surface area contributed by atoms with Gasteiger partial charge in [-0.2, -0.15) is 0 Å². The normalized spacial score (nSPS) is 15.0. The minimum absolute atomic E-state index is 0.00866. The van der Waals surface area contributed by atoms with Crippen LogP contribution in [-0.4, -0.2) is 56.5 Å². The van der Waals surface area contributed by atoms with Crippen molar-refractivity contribution in [1.82, 2.24) is 21.3 Å². The van der Waals surface area contributed by atoms with E-state index in [1.54, 1.807) is 0 Å². The van der Waals surface area contributed by atoms with Crippen molar-refractivity contribution in [2.45, 2.75) is 38.1 Å². The standard InChI is InChI=1S/C22H32N4O4/c1-2-24-20(28)16-25-21(29)22(11-5-6-12-22)26-14-15-30-19-10-4-3-8-18(19)9-7-13-23-17-27/h3-4,7-10,17,26H,2,5-6,11-16H2,1H3,(H,23,27)(H,24,28)(H,25,29)/b9-7+. The van der Waals surface area contributed by atoms with Crippen LogP contribution in [0.1, 0.15) is 38.2 Å². The van der Waals surface area contributed by atoms with Gasteiger partial charge in [-0.3, -0.25) is 19.7 Å². The molecule has 164 valence electrons. The number of carbonyl (C=O) groups is 3. The molecule has 0 heterocycles. The van der Waals surface area contributed by atoms with Crippen molar-refractivity contribution in [3.05, 3.63) is 35.9 Å². The number of nitrogens with one attached hydrogen (secondary N) is 4. The number of hydrogen-bond donors (Lipinski definition) is 4. The van der Waals surface area contributed by atoms with Crippen LogP contribution < -0.4 is 26.0 Å². The Morgan fingerprint density at radius 2 is 1.93 bits per heavy atom. The number of rotatable bonds is 13. The summed E-state index contributed by atoms with van der Waals surface area (Å²) in [5.41, 5.74) is 0.274. The molecule has 0 atom stereocenters. The van der Waals surface area contributed by atoms with Crippen molar-refractivity contribution in [3.8, 4) is 5.75 Å². The van der Waals surface area contributed by atoms with E-state index in [4.69, 9.17) is 4.74 Å². The molecule has 4 N–H and O–H groups in total. The molecule has 0 bridgehead atoms. The Balaban J connectivity index is 1.85. The van der Waals surface area contributed by atoms with E-state index in [0.717, 1.165) is 37.0 Å². The predicted octanol–water partition coefficient (Wildman–Crippen LogP) is 0.979. The molecule has 0 spiro atoms. The molecule has 0 unspecified atom stereocenters. The lowest BCUT2D eigenvalue weighted by Crippen LogP contribution is -2.57. The van der Waals surface area contributed by atoms with Crippen molar-refractivity contribution < 1.29 is 19.1 Å². The van der Waals surface area contributed by atoms with Gasteiger partial charge in [0.2, 0.25) is 18.2 Å². The third kappa shape index (κ3) is 7.18. The van der Waals surface area contributed by atoms with Crippen LogP contribution in [0.5, 0.6) is 5.75 Å². The fraction of sp³-hybridized carbons (Fsp3) is 0.500. The summed E-state index contributed by atoms with van der Waals surface area (Å²) in [4.78, 5) is 34.7. The molecular formula is C22H32N4O4. The summed E-state index contributed by atoms with van der Waals surface area (Å²) < 4.78 is 5.91. The van der Waals surface area contributed by atoms with Crippen molar-refractivity contribution >= 4 is 24.3 Å². The zero-order valence-electron chi connectivity index (χ0n) is 17.5. The molecule has 3 amide bonds. The van der Waals surface area contributed by atoms with E-state index in [1.807, 2.05) is 43.3 Å². The molecule has 0 saturated heterocycles. The predicted molar refractivity (Wildman–Crippen MR) is 116 cm³/mol. The average molecular weight is 417 g/mol. The van der Waals surface area contributed by atoms with Crippen LogP contribution in [0.4, 0.5) is 0 Å². The fourth-order valence-electron chi connectivity index (χ4n) is 3.56. The van der Waals surface area contributed by atoms with E-state index in [-0.39, 0.29) is 18.4 Å². The minimum atomic E-state index is -0.643. The lowest BCUT2D eigenvalue weighted by atomic mass is 9.96. The summed E-state index contributed by atoms with van der Waals surface area (Å²) in [6.45, 7) is 3.75. The second-order valence-electron chi connectivity index (χ2n) is 7.17. The molecule has 1 aromatic carbocycles. The molecule has 8 nitrogen and oxygen atoms in total. The number of para-hydroxylation sites is 1. The van der Waals surface area contributed by atoms with Crippen LogP contribution in [0.3, 0.4) is 0 Å². The summed E-state index contributed by atoms with van der Waals surface area (Å²) in [5.74, 6) is 0.426. The molecule has 1 aromatic rings. The number of carbonyl (C=O) groups excluding carboxylic acids is 3. The van der Waals surface area contributed by atoms with Crippen molar-refractivity contribution in [2.24, 2.45) is 0 Å². The van der Waals surface area contributed by atoms with Gasteiger partial charge in [0, 0.05) is 25.2 Å². The van der Waals surface area contributed by atoms with Crippen LogP contribution in [-0.2, 0) is 14.4 Å². The van der Waals surface area contributed by atoms with Gasteiger partial charge in [0.25, 0.3) is 0 Å². The largest absolute Gasteiger partial charge is 0.492 e. The van der Waals surface area contributed by atoms with Gasteiger partial charge in [-0.05, 0) is 25.8 Å². The Bertz CT molecular complexity index is 730. The molecule has 8 heteroatoms. The lowest BCUT2D eigenvalue weighted by Gasteiger charge is -2.29. The van der Waals surface area contributed by atoms with Gasteiger partial charge < -0.3 is 20.7 Å². The van der Waals surface area contributed by atoms with Gasteiger partial charge in [0.15, 0.2) is 0 Å². The van der Waals surface area contributed by atoms with Gasteiger partial charge in [0.1, 0.15) is 12.4 Å². The van der Waals surface area contributed by atoms with E-state index in [2.05, 4.69) is 21.3 Å². The maximum absolute atomic E-state index is 12.7. The lowest BCUT2D eigenvalue weighted by molar-refractivity contribution is -0.130. The molecule has 2 rings (SSSR count). The minimum Gasteiger partial charge on any atom is -0.492 e. The molecule has 0 radical (unpaired) electrons. The molecule has 1 aliphatic rings. The third-order valence-electron chi connectivity index (χ3n) is 5.03. The molecule has 0 aliphatic heterocycles. The summed E-state index contributed by atoms with van der Waals surface area (Å²) >= 11 is 0. The summed E-state index contributed by atoms with van der Waals surface area (Å²) in [6, 6.07) is 7.64. The van der Waals surface area contributed by atoms with Gasteiger partial charge in [-0.1, -0.05) is 43.2 Å². The Kier molecular flexibility index (Phi) is 9.86. The van der Waals surface area contributed by atoms with Gasteiger partial charge in [-0.15, -0.1) is 0 Å². The monoisotopic (exact) mass is 416 g/mol. The molecule has 30 heavy (non-hydrogen) atoms. The Morgan fingerprint density at radius 3 is 2.67 bits per heavy atom. The smallest absolute Gasteiger partial charge is 0.240 e. The van der Waals surface area contributed by atoms with E-state index in [1.165, 1.54) is 0 Å². The SMILES string of the molecule is CCNC(=O)CNC(=O)C1(NCCOc2ccccc2/C=C/CNC=O)CCCC1. The van der Waals surface area contributed by atoms with Crippen LogP contribution >= 0.6 is 0 Å². The number of ether oxygens (including phenoxy) is 1. The van der Waals surface area contributed by atoms with E-state index in [0.29, 0.717) is 32.7 Å². The van der Waals surface area contributed by atoms with Crippen molar-refractivity contribution in [1.29, 1.82) is 0 Å². The van der Waals surface area contributed by atoms with Crippen LogP contribution in [0.25, 0.3) is 6.08 Å². The zero-order valence-corrected chi connectivity index (χ0v) is 17.5. The van der Waals surface area contributed by atoms with Crippen LogP contribution in [0.2, 0.25) is 0 Å². The molecule has 1 aliphatic carbocycles. The first-order chi connectivity index (χ1) is 14.6. The molecular weight excluding hydrogens is 384 g/mol. The second-order valence-corrected chi connectivity index (χ2v) is 7.17. The first-order valence-corrected chi connectivity index (χ1v) is 10.5. The Morgan fingerprint density at radius 1 is 1.17 bits per heavy atom. The van der Waals surface area contributed by atoms with Crippen LogP contribution in [0, 0.1) is 0 Å². The molecule has 1 fully saturated rings. The Labute approximate surface area is 177 Å².